The third kappa shape index (κ3) is 3.63. The van der Waals surface area contributed by atoms with E-state index >= 15 is 0 Å². The van der Waals surface area contributed by atoms with Crippen molar-refractivity contribution in [3.8, 4) is 0 Å². The van der Waals surface area contributed by atoms with Crippen LogP contribution in [0.5, 0.6) is 0 Å². The fraction of sp³-hybridized carbons (Fsp3) is 0.833. The van der Waals surface area contributed by atoms with E-state index in [0.717, 1.165) is 44.8 Å². The highest BCUT2D eigenvalue weighted by Crippen LogP contribution is 2.38. The standard InChI is InChI=1S/C18H27N3O3/c22-18(14-7-8-14)21-10-3-6-15(21)17-19-16(20-24-17)9-11-23-12-13-4-1-2-5-13/h13-15H,1-12H2. The van der Waals surface area contributed by atoms with Crippen LogP contribution >= 0.6 is 0 Å². The molecule has 0 spiro atoms. The number of aromatic nitrogens is 2. The topological polar surface area (TPSA) is 68.5 Å². The summed E-state index contributed by atoms with van der Waals surface area (Å²) in [6.45, 7) is 2.32. The first-order chi connectivity index (χ1) is 11.8. The Morgan fingerprint density at radius 3 is 2.79 bits per heavy atom. The highest BCUT2D eigenvalue weighted by molar-refractivity contribution is 5.81. The molecule has 0 N–H and O–H groups in total. The molecule has 24 heavy (non-hydrogen) atoms. The maximum atomic E-state index is 12.4. The van der Waals surface area contributed by atoms with Gasteiger partial charge in [0.2, 0.25) is 11.8 Å². The molecule has 2 aliphatic carbocycles. The molecule has 132 valence electrons. The maximum Gasteiger partial charge on any atom is 0.249 e. The highest BCUT2D eigenvalue weighted by atomic mass is 16.5. The van der Waals surface area contributed by atoms with Gasteiger partial charge in [-0.2, -0.15) is 4.98 Å². The van der Waals surface area contributed by atoms with Gasteiger partial charge in [0, 0.05) is 25.5 Å². The zero-order valence-electron chi connectivity index (χ0n) is 14.3. The largest absolute Gasteiger partial charge is 0.381 e. The van der Waals surface area contributed by atoms with Gasteiger partial charge in [0.1, 0.15) is 6.04 Å². The third-order valence-electron chi connectivity index (χ3n) is 5.53. The number of carbonyl (C=O) groups excluding carboxylic acids is 1. The van der Waals surface area contributed by atoms with E-state index in [0.29, 0.717) is 24.7 Å². The maximum absolute atomic E-state index is 12.4. The molecule has 1 aromatic rings. The van der Waals surface area contributed by atoms with Crippen molar-refractivity contribution in [1.82, 2.24) is 15.0 Å². The quantitative estimate of drug-likeness (QED) is 0.718. The number of hydrogen-bond acceptors (Lipinski definition) is 5. The molecular formula is C18H27N3O3. The van der Waals surface area contributed by atoms with Crippen LogP contribution in [0, 0.1) is 11.8 Å². The van der Waals surface area contributed by atoms with E-state index in [4.69, 9.17) is 9.26 Å². The van der Waals surface area contributed by atoms with Crippen molar-refractivity contribution in [1.29, 1.82) is 0 Å². The average molecular weight is 333 g/mol. The molecule has 4 rings (SSSR count). The fourth-order valence-corrected chi connectivity index (χ4v) is 3.95. The van der Waals surface area contributed by atoms with Gasteiger partial charge in [-0.15, -0.1) is 0 Å². The van der Waals surface area contributed by atoms with Gasteiger partial charge in [0.05, 0.1) is 6.61 Å². The summed E-state index contributed by atoms with van der Waals surface area (Å²) in [4.78, 5) is 18.8. The second kappa shape index (κ2) is 7.21. The van der Waals surface area contributed by atoms with Crippen LogP contribution in [0.2, 0.25) is 0 Å². The number of carbonyl (C=O) groups is 1. The molecule has 0 radical (unpaired) electrons. The first-order valence-corrected chi connectivity index (χ1v) is 9.52. The number of ether oxygens (including phenoxy) is 1. The number of rotatable bonds is 7. The summed E-state index contributed by atoms with van der Waals surface area (Å²) in [6, 6.07) is -0.0150. The van der Waals surface area contributed by atoms with Gasteiger partial charge in [0.25, 0.3) is 0 Å². The van der Waals surface area contributed by atoms with Gasteiger partial charge in [0.15, 0.2) is 5.82 Å². The van der Waals surface area contributed by atoms with E-state index in [1.54, 1.807) is 0 Å². The summed E-state index contributed by atoms with van der Waals surface area (Å²) in [6.07, 6.45) is 10.0. The van der Waals surface area contributed by atoms with Crippen molar-refractivity contribution < 1.29 is 14.1 Å². The molecule has 2 heterocycles. The van der Waals surface area contributed by atoms with Gasteiger partial charge in [-0.25, -0.2) is 0 Å². The summed E-state index contributed by atoms with van der Waals surface area (Å²) >= 11 is 0. The summed E-state index contributed by atoms with van der Waals surface area (Å²) in [5.41, 5.74) is 0. The zero-order chi connectivity index (χ0) is 16.4. The Morgan fingerprint density at radius 1 is 1.17 bits per heavy atom. The lowest BCUT2D eigenvalue weighted by atomic mass is 10.1. The van der Waals surface area contributed by atoms with Crippen molar-refractivity contribution in [3.63, 3.8) is 0 Å². The molecule has 1 aromatic heterocycles. The molecule has 2 saturated carbocycles. The minimum Gasteiger partial charge on any atom is -0.381 e. The summed E-state index contributed by atoms with van der Waals surface area (Å²) in [7, 11) is 0. The Balaban J connectivity index is 1.26. The van der Waals surface area contributed by atoms with Crippen molar-refractivity contribution in [2.24, 2.45) is 11.8 Å². The SMILES string of the molecule is O=C(C1CC1)N1CCCC1c1nc(CCOCC2CCCC2)no1. The molecule has 1 atom stereocenters. The molecule has 0 aromatic carbocycles. The van der Waals surface area contributed by atoms with Gasteiger partial charge >= 0.3 is 0 Å². The first kappa shape index (κ1) is 16.1. The van der Waals surface area contributed by atoms with Crippen LogP contribution in [0.1, 0.15) is 69.1 Å². The zero-order valence-corrected chi connectivity index (χ0v) is 14.3. The molecule has 6 heteroatoms. The van der Waals surface area contributed by atoms with Crippen molar-refractivity contribution >= 4 is 5.91 Å². The first-order valence-electron chi connectivity index (χ1n) is 9.52. The van der Waals surface area contributed by atoms with E-state index in [-0.39, 0.29) is 17.9 Å². The fourth-order valence-electron chi connectivity index (χ4n) is 3.95. The second-order valence-electron chi connectivity index (χ2n) is 7.49. The van der Waals surface area contributed by atoms with E-state index in [1.165, 1.54) is 25.7 Å². The Labute approximate surface area is 142 Å². The Hall–Kier alpha value is -1.43. The molecular weight excluding hydrogens is 306 g/mol. The van der Waals surface area contributed by atoms with Crippen molar-refractivity contribution in [2.75, 3.05) is 19.8 Å². The minimum atomic E-state index is -0.0150. The predicted octanol–water partition coefficient (Wildman–Crippen LogP) is 2.89. The highest BCUT2D eigenvalue weighted by Gasteiger charge is 2.40. The lowest BCUT2D eigenvalue weighted by Gasteiger charge is -2.21. The van der Waals surface area contributed by atoms with E-state index in [1.807, 2.05) is 4.90 Å². The lowest BCUT2D eigenvalue weighted by Crippen LogP contribution is -2.31. The summed E-state index contributed by atoms with van der Waals surface area (Å²) < 4.78 is 11.2. The van der Waals surface area contributed by atoms with Gasteiger partial charge in [-0.3, -0.25) is 4.79 Å². The smallest absolute Gasteiger partial charge is 0.249 e. The number of amides is 1. The molecule has 0 bridgehead atoms. The van der Waals surface area contributed by atoms with Gasteiger partial charge in [-0.1, -0.05) is 18.0 Å². The van der Waals surface area contributed by atoms with E-state index < -0.39 is 0 Å². The normalized spacial score (nSPS) is 24.8. The molecule has 1 unspecified atom stereocenters. The number of hydrogen-bond donors (Lipinski definition) is 0. The molecule has 1 amide bonds. The van der Waals surface area contributed by atoms with Crippen molar-refractivity contribution in [2.45, 2.75) is 63.8 Å². The number of nitrogens with zero attached hydrogens (tertiary/aromatic N) is 3. The number of likely N-dealkylation sites (tertiary alicyclic amines) is 1. The Bertz CT molecular complexity index is 564. The van der Waals surface area contributed by atoms with Crippen LogP contribution in [0.4, 0.5) is 0 Å². The van der Waals surface area contributed by atoms with Crippen LogP contribution in [-0.4, -0.2) is 40.7 Å². The Morgan fingerprint density at radius 2 is 2.00 bits per heavy atom. The van der Waals surface area contributed by atoms with E-state index in [2.05, 4.69) is 10.1 Å². The minimum absolute atomic E-state index is 0.0150. The molecule has 3 fully saturated rings. The Kier molecular flexibility index (Phi) is 4.83. The van der Waals surface area contributed by atoms with Gasteiger partial charge < -0.3 is 14.2 Å². The van der Waals surface area contributed by atoms with Gasteiger partial charge in [-0.05, 0) is 44.4 Å². The predicted molar refractivity (Wildman–Crippen MR) is 87.2 cm³/mol. The van der Waals surface area contributed by atoms with Crippen LogP contribution in [-0.2, 0) is 16.0 Å². The van der Waals surface area contributed by atoms with Crippen LogP contribution < -0.4 is 0 Å². The molecule has 1 saturated heterocycles. The van der Waals surface area contributed by atoms with E-state index in [9.17, 15) is 4.79 Å². The average Bonchev–Trinajstić information content (AvgIpc) is 3.01. The molecule has 3 aliphatic rings. The summed E-state index contributed by atoms with van der Waals surface area (Å²) in [5.74, 6) is 2.56. The molecule has 6 nitrogen and oxygen atoms in total. The third-order valence-corrected chi connectivity index (χ3v) is 5.53. The van der Waals surface area contributed by atoms with Crippen LogP contribution in [0.25, 0.3) is 0 Å². The summed E-state index contributed by atoms with van der Waals surface area (Å²) in [5, 5.41) is 4.08. The molecule has 1 aliphatic heterocycles. The lowest BCUT2D eigenvalue weighted by molar-refractivity contribution is -0.133. The van der Waals surface area contributed by atoms with Crippen molar-refractivity contribution in [3.05, 3.63) is 11.7 Å². The van der Waals surface area contributed by atoms with Crippen LogP contribution in [0.15, 0.2) is 4.52 Å². The monoisotopic (exact) mass is 333 g/mol. The van der Waals surface area contributed by atoms with Crippen LogP contribution in [0.3, 0.4) is 0 Å². The second-order valence-corrected chi connectivity index (χ2v) is 7.49.